The van der Waals surface area contributed by atoms with Crippen molar-refractivity contribution in [2.75, 3.05) is 12.4 Å². The van der Waals surface area contributed by atoms with Crippen molar-refractivity contribution < 1.29 is 9.53 Å². The molecular formula is C16H23N3O2S2. The average molecular weight is 354 g/mol. The Labute approximate surface area is 145 Å². The van der Waals surface area contributed by atoms with E-state index in [0.717, 1.165) is 28.3 Å². The molecule has 126 valence electrons. The van der Waals surface area contributed by atoms with Gasteiger partial charge < -0.3 is 10.1 Å². The van der Waals surface area contributed by atoms with Crippen LogP contribution in [0.3, 0.4) is 0 Å². The number of amides is 1. The Morgan fingerprint density at radius 1 is 1.35 bits per heavy atom. The molecule has 1 saturated heterocycles. The van der Waals surface area contributed by atoms with Gasteiger partial charge in [0.15, 0.2) is 4.34 Å². The third kappa shape index (κ3) is 3.15. The molecule has 1 aromatic heterocycles. The number of aromatic nitrogens is 2. The van der Waals surface area contributed by atoms with Gasteiger partial charge in [0.05, 0.1) is 11.9 Å². The number of aryl methyl sites for hydroxylation is 1. The summed E-state index contributed by atoms with van der Waals surface area (Å²) in [5, 5.41) is 12.3. The summed E-state index contributed by atoms with van der Waals surface area (Å²) in [5.41, 5.74) is 0. The zero-order chi connectivity index (χ0) is 15.8. The van der Waals surface area contributed by atoms with Gasteiger partial charge in [-0.3, -0.25) is 4.79 Å². The average Bonchev–Trinajstić information content (AvgIpc) is 3.25. The molecule has 4 atom stereocenters. The Balaban J connectivity index is 1.33. The predicted octanol–water partition coefficient (Wildman–Crippen LogP) is 2.65. The van der Waals surface area contributed by atoms with E-state index in [4.69, 9.17) is 4.74 Å². The molecule has 1 amide bonds. The van der Waals surface area contributed by atoms with Crippen LogP contribution in [-0.4, -0.2) is 40.6 Å². The molecule has 0 bridgehead atoms. The minimum absolute atomic E-state index is 0.126. The van der Waals surface area contributed by atoms with Crippen molar-refractivity contribution in [2.45, 2.75) is 55.5 Å². The highest BCUT2D eigenvalue weighted by Gasteiger charge is 2.56. The minimum atomic E-state index is 0.126. The molecule has 4 rings (SSSR count). The fourth-order valence-corrected chi connectivity index (χ4v) is 6.18. The molecule has 23 heavy (non-hydrogen) atoms. The molecule has 2 heterocycles. The van der Waals surface area contributed by atoms with Gasteiger partial charge in [-0.2, -0.15) is 0 Å². The molecule has 2 saturated carbocycles. The Hall–Kier alpha value is -0.660. The molecule has 2 aliphatic carbocycles. The van der Waals surface area contributed by atoms with E-state index in [-0.39, 0.29) is 5.91 Å². The fourth-order valence-electron chi connectivity index (χ4n) is 4.55. The summed E-state index contributed by atoms with van der Waals surface area (Å²) >= 11 is 3.03. The normalized spacial score (nSPS) is 33.4. The fraction of sp³-hybridized carbons (Fsp3) is 0.812. The lowest BCUT2D eigenvalue weighted by molar-refractivity contribution is -0.127. The summed E-state index contributed by atoms with van der Waals surface area (Å²) in [7, 11) is 0. The Kier molecular flexibility index (Phi) is 4.61. The summed E-state index contributed by atoms with van der Waals surface area (Å²) in [6.07, 6.45) is 6.80. The van der Waals surface area contributed by atoms with Crippen molar-refractivity contribution in [3.05, 3.63) is 5.01 Å². The minimum Gasteiger partial charge on any atom is -0.377 e. The second-order valence-corrected chi connectivity index (χ2v) is 9.28. The van der Waals surface area contributed by atoms with Crippen LogP contribution in [0.5, 0.6) is 0 Å². The predicted molar refractivity (Wildman–Crippen MR) is 90.6 cm³/mol. The van der Waals surface area contributed by atoms with E-state index >= 15 is 0 Å². The van der Waals surface area contributed by atoms with Crippen LogP contribution >= 0.6 is 23.1 Å². The molecule has 1 aromatic rings. The van der Waals surface area contributed by atoms with Crippen LogP contribution in [-0.2, 0) is 9.53 Å². The Bertz CT molecular complexity index is 569. The van der Waals surface area contributed by atoms with Crippen molar-refractivity contribution in [1.82, 2.24) is 15.5 Å². The number of rotatable bonds is 5. The zero-order valence-corrected chi connectivity index (χ0v) is 15.0. The van der Waals surface area contributed by atoms with E-state index in [2.05, 4.69) is 15.5 Å². The lowest BCUT2D eigenvalue weighted by Gasteiger charge is -2.50. The maximum atomic E-state index is 12.4. The van der Waals surface area contributed by atoms with Crippen LogP contribution in [0.2, 0.25) is 0 Å². The molecule has 3 fully saturated rings. The lowest BCUT2D eigenvalue weighted by Crippen LogP contribution is -2.63. The number of carbonyl (C=O) groups excluding carboxylic acids is 1. The molecule has 5 nitrogen and oxygen atoms in total. The second kappa shape index (κ2) is 6.69. The summed E-state index contributed by atoms with van der Waals surface area (Å²) in [5.74, 6) is 2.39. The van der Waals surface area contributed by atoms with Gasteiger partial charge in [0.25, 0.3) is 0 Å². The van der Waals surface area contributed by atoms with Crippen molar-refractivity contribution in [1.29, 1.82) is 0 Å². The molecule has 7 heteroatoms. The second-order valence-electron chi connectivity index (χ2n) is 6.88. The van der Waals surface area contributed by atoms with E-state index in [1.807, 2.05) is 6.92 Å². The van der Waals surface area contributed by atoms with Crippen LogP contribution in [0.4, 0.5) is 0 Å². The molecule has 0 aromatic carbocycles. The van der Waals surface area contributed by atoms with Crippen molar-refractivity contribution in [3.63, 3.8) is 0 Å². The standard InChI is InChI=1S/C16H23N3O2S2/c1-9-18-19-16(23-9)22-8-12(20)17-14-11-6-7-21-15(11)13(14)10-4-2-3-5-10/h10-11,13-15H,2-8H2,1H3,(H,17,20)/t11-,13+,14+,15-/m0/s1. The molecule has 1 aliphatic heterocycles. The maximum absolute atomic E-state index is 12.4. The van der Waals surface area contributed by atoms with Gasteiger partial charge in [-0.05, 0) is 19.3 Å². The van der Waals surface area contributed by atoms with Crippen molar-refractivity contribution in [3.8, 4) is 0 Å². The number of fused-ring (bicyclic) bond motifs is 1. The topological polar surface area (TPSA) is 64.1 Å². The van der Waals surface area contributed by atoms with E-state index in [9.17, 15) is 4.79 Å². The van der Waals surface area contributed by atoms with Crippen LogP contribution in [0.1, 0.15) is 37.1 Å². The first-order chi connectivity index (χ1) is 11.2. The largest absolute Gasteiger partial charge is 0.377 e. The lowest BCUT2D eigenvalue weighted by atomic mass is 9.61. The number of hydrogen-bond acceptors (Lipinski definition) is 6. The first kappa shape index (κ1) is 15.8. The number of ether oxygens (including phenoxy) is 1. The Morgan fingerprint density at radius 2 is 2.17 bits per heavy atom. The maximum Gasteiger partial charge on any atom is 0.230 e. The van der Waals surface area contributed by atoms with E-state index < -0.39 is 0 Å². The van der Waals surface area contributed by atoms with Crippen molar-refractivity contribution in [2.24, 2.45) is 17.8 Å². The van der Waals surface area contributed by atoms with Crippen molar-refractivity contribution >= 4 is 29.0 Å². The highest BCUT2D eigenvalue weighted by Crippen LogP contribution is 2.51. The molecule has 1 N–H and O–H groups in total. The van der Waals surface area contributed by atoms with Gasteiger partial charge in [-0.25, -0.2) is 0 Å². The van der Waals surface area contributed by atoms with Gasteiger partial charge in [0.2, 0.25) is 5.91 Å². The van der Waals surface area contributed by atoms with Crippen LogP contribution < -0.4 is 5.32 Å². The third-order valence-corrected chi connectivity index (χ3v) is 7.52. The van der Waals surface area contributed by atoms with Gasteiger partial charge in [-0.15, -0.1) is 10.2 Å². The summed E-state index contributed by atoms with van der Waals surface area (Å²) < 4.78 is 6.82. The van der Waals surface area contributed by atoms with Crippen LogP contribution in [0.25, 0.3) is 0 Å². The van der Waals surface area contributed by atoms with Gasteiger partial charge in [-0.1, -0.05) is 48.8 Å². The first-order valence-corrected chi connectivity index (χ1v) is 10.4. The highest BCUT2D eigenvalue weighted by molar-refractivity contribution is 8.01. The summed E-state index contributed by atoms with van der Waals surface area (Å²) in [6, 6.07) is 0.329. The number of carbonyl (C=O) groups is 1. The first-order valence-electron chi connectivity index (χ1n) is 8.56. The molecule has 0 unspecified atom stereocenters. The van der Waals surface area contributed by atoms with Crippen LogP contribution in [0, 0.1) is 24.7 Å². The summed E-state index contributed by atoms with van der Waals surface area (Å²) in [6.45, 7) is 2.80. The highest BCUT2D eigenvalue weighted by atomic mass is 32.2. The number of hydrogen-bond donors (Lipinski definition) is 1. The third-order valence-electron chi connectivity index (χ3n) is 5.54. The van der Waals surface area contributed by atoms with E-state index in [1.54, 1.807) is 11.3 Å². The monoisotopic (exact) mass is 353 g/mol. The Morgan fingerprint density at radius 3 is 2.91 bits per heavy atom. The molecule has 3 aliphatic rings. The van der Waals surface area contributed by atoms with E-state index in [0.29, 0.717) is 29.7 Å². The number of nitrogens with zero attached hydrogens (tertiary/aromatic N) is 2. The molecule has 0 radical (unpaired) electrons. The van der Waals surface area contributed by atoms with E-state index in [1.165, 1.54) is 37.4 Å². The van der Waals surface area contributed by atoms with Gasteiger partial charge >= 0.3 is 0 Å². The van der Waals surface area contributed by atoms with Crippen LogP contribution in [0.15, 0.2) is 4.34 Å². The zero-order valence-electron chi connectivity index (χ0n) is 13.4. The SMILES string of the molecule is Cc1nnc(SCC(=O)N[C@@H]2[C@@H]3CCO[C@@H]3[C@@H]2C2CCCC2)s1. The molecular weight excluding hydrogens is 330 g/mol. The smallest absolute Gasteiger partial charge is 0.230 e. The number of thioether (sulfide) groups is 1. The molecule has 0 spiro atoms. The quantitative estimate of drug-likeness (QED) is 0.825. The summed E-state index contributed by atoms with van der Waals surface area (Å²) in [4.78, 5) is 12.4. The van der Waals surface area contributed by atoms with Gasteiger partial charge in [0.1, 0.15) is 5.01 Å². The number of nitrogens with one attached hydrogen (secondary N) is 1. The van der Waals surface area contributed by atoms with Gasteiger partial charge in [0, 0.05) is 24.5 Å².